The van der Waals surface area contributed by atoms with Crippen LogP contribution in [0.3, 0.4) is 0 Å². The van der Waals surface area contributed by atoms with Crippen LogP contribution in [-0.2, 0) is 12.0 Å². The van der Waals surface area contributed by atoms with Crippen molar-refractivity contribution in [2.45, 2.75) is 18.9 Å². The quantitative estimate of drug-likeness (QED) is 0.820. The molecule has 2 aromatic rings. The maximum absolute atomic E-state index is 6.51. The molecule has 0 aromatic heterocycles. The molecule has 1 atom stereocenters. The van der Waals surface area contributed by atoms with Crippen molar-refractivity contribution >= 4 is 11.8 Å². The molecule has 0 amide bonds. The van der Waals surface area contributed by atoms with Crippen LogP contribution in [-0.4, -0.2) is 0 Å². The summed E-state index contributed by atoms with van der Waals surface area (Å²) in [5.74, 6) is 0. The molecule has 1 unspecified atom stereocenters. The summed E-state index contributed by atoms with van der Waals surface area (Å²) in [7, 11) is 0. The van der Waals surface area contributed by atoms with Gasteiger partial charge in [0.05, 0.1) is 0 Å². The molecule has 4 N–H and O–H groups in total. The zero-order valence-electron chi connectivity index (χ0n) is 11.3. The molecule has 0 bridgehead atoms. The van der Waals surface area contributed by atoms with Crippen LogP contribution < -0.4 is 11.5 Å². The fourth-order valence-electron chi connectivity index (χ4n) is 2.42. The minimum atomic E-state index is -0.446. The van der Waals surface area contributed by atoms with Crippen molar-refractivity contribution in [3.05, 3.63) is 71.8 Å². The second-order valence-electron chi connectivity index (χ2n) is 5.13. The van der Waals surface area contributed by atoms with Gasteiger partial charge < -0.3 is 11.5 Å². The largest absolute Gasteiger partial charge is 0.399 e. The first kappa shape index (κ1) is 13.4. The minimum absolute atomic E-state index is 0.446. The number of anilines is 1. The van der Waals surface area contributed by atoms with Gasteiger partial charge in [0.15, 0.2) is 0 Å². The standard InChI is InChI=1S/C17H20N2/c1-3-14-8-4-5-10-16(14)17(2,19)12-13-7-6-9-15(18)11-13/h3-11H,1,12,18-19H2,2H3. The zero-order valence-corrected chi connectivity index (χ0v) is 11.3. The monoisotopic (exact) mass is 252 g/mol. The zero-order chi connectivity index (χ0) is 13.9. The maximum atomic E-state index is 6.51. The lowest BCUT2D eigenvalue weighted by atomic mass is 9.84. The van der Waals surface area contributed by atoms with Crippen molar-refractivity contribution in [3.63, 3.8) is 0 Å². The van der Waals surface area contributed by atoms with Crippen LogP contribution >= 0.6 is 0 Å². The Morgan fingerprint density at radius 2 is 1.89 bits per heavy atom. The fraction of sp³-hybridized carbons (Fsp3) is 0.176. The summed E-state index contributed by atoms with van der Waals surface area (Å²) in [6.07, 6.45) is 2.59. The molecule has 0 heterocycles. The molecule has 0 fully saturated rings. The number of nitrogens with two attached hydrogens (primary N) is 2. The number of nitrogen functional groups attached to an aromatic ring is 1. The van der Waals surface area contributed by atoms with E-state index in [9.17, 15) is 0 Å². The van der Waals surface area contributed by atoms with E-state index >= 15 is 0 Å². The first-order chi connectivity index (χ1) is 9.03. The lowest BCUT2D eigenvalue weighted by Gasteiger charge is -2.27. The third-order valence-electron chi connectivity index (χ3n) is 3.32. The summed E-state index contributed by atoms with van der Waals surface area (Å²) >= 11 is 0. The van der Waals surface area contributed by atoms with Crippen molar-refractivity contribution in [1.29, 1.82) is 0 Å². The van der Waals surface area contributed by atoms with Crippen molar-refractivity contribution in [1.82, 2.24) is 0 Å². The van der Waals surface area contributed by atoms with E-state index in [1.165, 1.54) is 0 Å². The van der Waals surface area contributed by atoms with Crippen LogP contribution in [0.15, 0.2) is 55.1 Å². The summed E-state index contributed by atoms with van der Waals surface area (Å²) in [6, 6.07) is 16.0. The normalized spacial score (nSPS) is 13.8. The van der Waals surface area contributed by atoms with E-state index in [0.717, 1.165) is 28.8 Å². The molecule has 0 aliphatic heterocycles. The van der Waals surface area contributed by atoms with Gasteiger partial charge in [-0.15, -0.1) is 0 Å². The van der Waals surface area contributed by atoms with Crippen LogP contribution in [0.5, 0.6) is 0 Å². The molecular weight excluding hydrogens is 232 g/mol. The molecule has 2 rings (SSSR count). The van der Waals surface area contributed by atoms with Crippen molar-refractivity contribution in [2.75, 3.05) is 5.73 Å². The summed E-state index contributed by atoms with van der Waals surface area (Å²) in [6.45, 7) is 5.89. The Bertz CT molecular complexity index is 585. The Balaban J connectivity index is 2.34. The first-order valence-corrected chi connectivity index (χ1v) is 6.38. The molecular formula is C17H20N2. The van der Waals surface area contributed by atoms with Gasteiger partial charge in [-0.3, -0.25) is 0 Å². The Morgan fingerprint density at radius 1 is 1.16 bits per heavy atom. The highest BCUT2D eigenvalue weighted by Crippen LogP contribution is 2.27. The van der Waals surface area contributed by atoms with Gasteiger partial charge in [-0.1, -0.05) is 49.1 Å². The Hall–Kier alpha value is -2.06. The molecule has 2 heteroatoms. The number of benzene rings is 2. The highest BCUT2D eigenvalue weighted by molar-refractivity contribution is 5.54. The summed E-state index contributed by atoms with van der Waals surface area (Å²) < 4.78 is 0. The molecule has 98 valence electrons. The molecule has 0 radical (unpaired) electrons. The van der Waals surface area contributed by atoms with E-state index in [1.807, 2.05) is 49.4 Å². The van der Waals surface area contributed by atoms with E-state index in [0.29, 0.717) is 0 Å². The van der Waals surface area contributed by atoms with E-state index in [2.05, 4.69) is 18.7 Å². The Labute approximate surface area is 114 Å². The van der Waals surface area contributed by atoms with Gasteiger partial charge in [-0.05, 0) is 42.2 Å². The third-order valence-corrected chi connectivity index (χ3v) is 3.32. The second kappa shape index (κ2) is 5.29. The Morgan fingerprint density at radius 3 is 2.58 bits per heavy atom. The predicted octanol–water partition coefficient (Wildman–Crippen LogP) is 3.33. The van der Waals surface area contributed by atoms with E-state index in [-0.39, 0.29) is 0 Å². The summed E-state index contributed by atoms with van der Waals surface area (Å²) in [5, 5.41) is 0. The number of hydrogen-bond acceptors (Lipinski definition) is 2. The topological polar surface area (TPSA) is 52.0 Å². The summed E-state index contributed by atoms with van der Waals surface area (Å²) in [4.78, 5) is 0. The van der Waals surface area contributed by atoms with Crippen molar-refractivity contribution in [3.8, 4) is 0 Å². The number of hydrogen-bond donors (Lipinski definition) is 2. The van der Waals surface area contributed by atoms with Gasteiger partial charge in [0.2, 0.25) is 0 Å². The van der Waals surface area contributed by atoms with E-state index in [4.69, 9.17) is 11.5 Å². The fourth-order valence-corrected chi connectivity index (χ4v) is 2.42. The lowest BCUT2D eigenvalue weighted by Crippen LogP contribution is -2.36. The average molecular weight is 252 g/mol. The molecule has 0 aliphatic rings. The average Bonchev–Trinajstić information content (AvgIpc) is 2.38. The highest BCUT2D eigenvalue weighted by Gasteiger charge is 2.23. The predicted molar refractivity (Wildman–Crippen MR) is 82.6 cm³/mol. The van der Waals surface area contributed by atoms with Gasteiger partial charge in [0.1, 0.15) is 0 Å². The van der Waals surface area contributed by atoms with Gasteiger partial charge in [0, 0.05) is 11.2 Å². The minimum Gasteiger partial charge on any atom is -0.399 e. The van der Waals surface area contributed by atoms with Crippen molar-refractivity contribution in [2.24, 2.45) is 5.73 Å². The second-order valence-corrected chi connectivity index (χ2v) is 5.13. The molecule has 0 spiro atoms. The lowest BCUT2D eigenvalue weighted by molar-refractivity contribution is 0.491. The van der Waals surface area contributed by atoms with Gasteiger partial charge in [-0.2, -0.15) is 0 Å². The van der Waals surface area contributed by atoms with E-state index < -0.39 is 5.54 Å². The third kappa shape index (κ3) is 3.04. The van der Waals surface area contributed by atoms with Gasteiger partial charge in [0.25, 0.3) is 0 Å². The van der Waals surface area contributed by atoms with E-state index in [1.54, 1.807) is 0 Å². The number of rotatable bonds is 4. The Kier molecular flexibility index (Phi) is 3.72. The van der Waals surface area contributed by atoms with Crippen LogP contribution in [0.25, 0.3) is 6.08 Å². The van der Waals surface area contributed by atoms with Crippen LogP contribution in [0.4, 0.5) is 5.69 Å². The smallest absolute Gasteiger partial charge is 0.0427 e. The molecule has 0 saturated carbocycles. The van der Waals surface area contributed by atoms with Crippen molar-refractivity contribution < 1.29 is 0 Å². The molecule has 0 saturated heterocycles. The highest BCUT2D eigenvalue weighted by atomic mass is 14.7. The van der Waals surface area contributed by atoms with Crippen LogP contribution in [0, 0.1) is 0 Å². The van der Waals surface area contributed by atoms with Crippen LogP contribution in [0.2, 0.25) is 0 Å². The molecule has 2 nitrogen and oxygen atoms in total. The maximum Gasteiger partial charge on any atom is 0.0427 e. The van der Waals surface area contributed by atoms with Crippen LogP contribution in [0.1, 0.15) is 23.6 Å². The molecule has 2 aromatic carbocycles. The SMILES string of the molecule is C=Cc1ccccc1C(C)(N)Cc1cccc(N)c1. The summed E-state index contributed by atoms with van der Waals surface area (Å²) in [5.41, 5.74) is 16.0. The van der Waals surface area contributed by atoms with Gasteiger partial charge >= 0.3 is 0 Å². The molecule has 19 heavy (non-hydrogen) atoms. The van der Waals surface area contributed by atoms with Gasteiger partial charge in [-0.25, -0.2) is 0 Å². The first-order valence-electron chi connectivity index (χ1n) is 6.38. The molecule has 0 aliphatic carbocycles.